The van der Waals surface area contributed by atoms with E-state index in [0.29, 0.717) is 0 Å². The Bertz CT molecular complexity index is 683. The fourth-order valence-electron chi connectivity index (χ4n) is 1.74. The first-order chi connectivity index (χ1) is 12.1. The van der Waals surface area contributed by atoms with E-state index in [4.69, 9.17) is 4.74 Å². The van der Waals surface area contributed by atoms with E-state index < -0.39 is 43.9 Å². The lowest BCUT2D eigenvalue weighted by atomic mass is 10.2. The quantitative estimate of drug-likeness (QED) is 0.440. The van der Waals surface area contributed by atoms with Crippen molar-refractivity contribution >= 4 is 25.5 Å². The normalized spacial score (nSPS) is 15.2. The topological polar surface area (TPSA) is 160 Å². The number of carboxylic acids is 1. The molecular formula is C15H20N3O7P-2. The van der Waals surface area contributed by atoms with Gasteiger partial charge in [-0.05, 0) is 19.4 Å². The van der Waals surface area contributed by atoms with Gasteiger partial charge in [0.1, 0.15) is 6.61 Å². The van der Waals surface area contributed by atoms with E-state index in [1.165, 1.54) is 13.8 Å². The average Bonchev–Trinajstić information content (AvgIpc) is 2.58. The van der Waals surface area contributed by atoms with Crippen LogP contribution in [0.1, 0.15) is 19.4 Å². The Balaban J connectivity index is 2.40. The lowest BCUT2D eigenvalue weighted by molar-refractivity contribution is -0.307. The maximum atomic E-state index is 11.9. The van der Waals surface area contributed by atoms with Crippen LogP contribution < -0.4 is 25.7 Å². The van der Waals surface area contributed by atoms with Crippen molar-refractivity contribution < 1.29 is 33.7 Å². The number of carbonyl (C=O) groups is 3. The molecule has 0 saturated carbocycles. The Labute approximate surface area is 150 Å². The smallest absolute Gasteiger partial charge is 0.407 e. The van der Waals surface area contributed by atoms with Crippen LogP contribution in [0.15, 0.2) is 30.3 Å². The second kappa shape index (κ2) is 9.91. The lowest BCUT2D eigenvalue weighted by Gasteiger charge is -2.28. The Hall–Kier alpha value is -2.42. The zero-order chi connectivity index (χ0) is 19.7. The molecule has 0 fully saturated rings. The van der Waals surface area contributed by atoms with Crippen molar-refractivity contribution in [2.24, 2.45) is 0 Å². The minimum atomic E-state index is -4.36. The summed E-state index contributed by atoms with van der Waals surface area (Å²) in [5, 5.41) is 16.7. The van der Waals surface area contributed by atoms with Crippen LogP contribution in [0.25, 0.3) is 0 Å². The molecule has 0 aliphatic rings. The molecule has 10 nitrogen and oxygen atoms in total. The predicted molar refractivity (Wildman–Crippen MR) is 87.4 cm³/mol. The maximum Gasteiger partial charge on any atom is 0.407 e. The number of rotatable bonds is 9. The number of nitrogens with one attached hydrogen (secondary N) is 3. The highest BCUT2D eigenvalue weighted by Gasteiger charge is 2.20. The fourth-order valence-corrected chi connectivity index (χ4v) is 2.88. The summed E-state index contributed by atoms with van der Waals surface area (Å²) in [4.78, 5) is 45.7. The van der Waals surface area contributed by atoms with E-state index in [-0.39, 0.29) is 6.61 Å². The summed E-state index contributed by atoms with van der Waals surface area (Å²) in [6.07, 6.45) is -1.72. The highest BCUT2D eigenvalue weighted by molar-refractivity contribution is 7.54. The first kappa shape index (κ1) is 21.6. The minimum Gasteiger partial charge on any atom is -0.787 e. The standard InChI is InChI=1S/C15H22N3O7P/c1-10(13(19)17-11(2)14(20)21)18-26(23,24)9-16-15(22)25-8-12-6-4-3-5-7-12/h3-7,10-11H,8-9H2,1-2H3,(H,16,22)(H,17,19)(H,20,21)(H2,18,23,24)/p-2/t10-,11-/m0/s1. The number of carboxylic acid groups (broad SMARTS) is 1. The minimum absolute atomic E-state index is 0.0246. The van der Waals surface area contributed by atoms with Gasteiger partial charge in [0, 0.05) is 0 Å². The Morgan fingerprint density at radius 2 is 1.77 bits per heavy atom. The number of hydrogen-bond donors (Lipinski definition) is 3. The van der Waals surface area contributed by atoms with Crippen LogP contribution in [-0.4, -0.2) is 36.3 Å². The number of benzene rings is 1. The number of ether oxygens (including phenoxy) is 1. The molecule has 0 aliphatic carbocycles. The highest BCUT2D eigenvalue weighted by atomic mass is 31.2. The van der Waals surface area contributed by atoms with Crippen molar-refractivity contribution in [3.05, 3.63) is 35.9 Å². The van der Waals surface area contributed by atoms with Crippen molar-refractivity contribution in [1.29, 1.82) is 0 Å². The molecule has 0 saturated heterocycles. The molecule has 1 rings (SSSR count). The summed E-state index contributed by atoms with van der Waals surface area (Å²) in [5.41, 5.74) is 0.735. The van der Waals surface area contributed by atoms with Gasteiger partial charge in [-0.1, -0.05) is 30.3 Å². The molecule has 144 valence electrons. The maximum absolute atomic E-state index is 11.9. The van der Waals surface area contributed by atoms with E-state index >= 15 is 0 Å². The second-order valence-electron chi connectivity index (χ2n) is 5.47. The molecule has 0 heterocycles. The summed E-state index contributed by atoms with van der Waals surface area (Å²) in [7, 11) is -4.36. The lowest BCUT2D eigenvalue weighted by Crippen LogP contribution is -2.51. The van der Waals surface area contributed by atoms with E-state index in [1.54, 1.807) is 30.3 Å². The van der Waals surface area contributed by atoms with Gasteiger partial charge in [0.2, 0.25) is 5.91 Å². The van der Waals surface area contributed by atoms with Crippen LogP contribution >= 0.6 is 7.52 Å². The molecule has 0 bridgehead atoms. The zero-order valence-electron chi connectivity index (χ0n) is 14.3. The Morgan fingerprint density at radius 3 is 2.35 bits per heavy atom. The van der Waals surface area contributed by atoms with Gasteiger partial charge >= 0.3 is 6.09 Å². The highest BCUT2D eigenvalue weighted by Crippen LogP contribution is 2.28. The van der Waals surface area contributed by atoms with Crippen molar-refractivity contribution in [1.82, 2.24) is 15.7 Å². The molecule has 11 heteroatoms. The summed E-state index contributed by atoms with van der Waals surface area (Å²) in [6.45, 7) is 2.39. The monoisotopic (exact) mass is 385 g/mol. The van der Waals surface area contributed by atoms with Gasteiger partial charge in [0.05, 0.1) is 31.9 Å². The third-order valence-corrected chi connectivity index (χ3v) is 4.50. The molecule has 3 N–H and O–H groups in total. The molecule has 0 aliphatic heterocycles. The van der Waals surface area contributed by atoms with Crippen molar-refractivity contribution in [2.75, 3.05) is 6.29 Å². The van der Waals surface area contributed by atoms with E-state index in [0.717, 1.165) is 5.56 Å². The summed E-state index contributed by atoms with van der Waals surface area (Å²) in [6, 6.07) is 6.29. The van der Waals surface area contributed by atoms with Crippen LogP contribution in [-0.2, 0) is 25.5 Å². The molecule has 1 aromatic rings. The number of amides is 2. The van der Waals surface area contributed by atoms with E-state index in [9.17, 15) is 28.9 Å². The van der Waals surface area contributed by atoms with Gasteiger partial charge in [0.15, 0.2) is 0 Å². The van der Waals surface area contributed by atoms with Gasteiger partial charge in [-0.3, -0.25) is 9.88 Å². The summed E-state index contributed by atoms with van der Waals surface area (Å²) < 4.78 is 16.7. The van der Waals surface area contributed by atoms with Crippen LogP contribution in [0.2, 0.25) is 0 Å². The molecule has 3 atom stereocenters. The molecule has 2 amide bonds. The second-order valence-corrected chi connectivity index (χ2v) is 7.39. The van der Waals surface area contributed by atoms with Crippen molar-refractivity contribution in [3.8, 4) is 0 Å². The SMILES string of the molecule is C[C@H](NC(=O)[C@H](C)NP(=O)([O-])CNC(=O)OCc1ccccc1)C(=O)[O-]. The Kier molecular flexibility index (Phi) is 8.24. The van der Waals surface area contributed by atoms with Crippen LogP contribution in [0.4, 0.5) is 4.79 Å². The van der Waals surface area contributed by atoms with Crippen LogP contribution in [0, 0.1) is 0 Å². The van der Waals surface area contributed by atoms with Gasteiger partial charge in [-0.25, -0.2) is 4.79 Å². The number of aliphatic carboxylic acids is 1. The molecular weight excluding hydrogens is 365 g/mol. The van der Waals surface area contributed by atoms with Crippen LogP contribution in [0.3, 0.4) is 0 Å². The number of carbonyl (C=O) groups excluding carboxylic acids is 3. The van der Waals surface area contributed by atoms with Crippen molar-refractivity contribution in [2.45, 2.75) is 32.5 Å². The largest absolute Gasteiger partial charge is 0.787 e. The summed E-state index contributed by atoms with van der Waals surface area (Å²) >= 11 is 0. The zero-order valence-corrected chi connectivity index (χ0v) is 15.2. The molecule has 1 unspecified atom stereocenters. The van der Waals surface area contributed by atoms with Gasteiger partial charge in [-0.2, -0.15) is 0 Å². The Morgan fingerprint density at radius 1 is 1.15 bits per heavy atom. The fraction of sp³-hybridized carbons (Fsp3) is 0.400. The molecule has 1 aromatic carbocycles. The number of hydrogen-bond acceptors (Lipinski definition) is 7. The van der Waals surface area contributed by atoms with E-state index in [2.05, 4.69) is 10.6 Å². The predicted octanol–water partition coefficient (Wildman–Crippen LogP) is -1.34. The third-order valence-electron chi connectivity index (χ3n) is 3.14. The first-order valence-corrected chi connectivity index (χ1v) is 9.45. The van der Waals surface area contributed by atoms with Gasteiger partial charge < -0.3 is 34.7 Å². The van der Waals surface area contributed by atoms with Crippen molar-refractivity contribution in [3.63, 3.8) is 0 Å². The van der Waals surface area contributed by atoms with Gasteiger partial charge in [0.25, 0.3) is 0 Å². The molecule has 0 spiro atoms. The van der Waals surface area contributed by atoms with Gasteiger partial charge in [-0.15, -0.1) is 0 Å². The molecule has 0 radical (unpaired) electrons. The van der Waals surface area contributed by atoms with E-state index in [1.807, 2.05) is 5.09 Å². The summed E-state index contributed by atoms with van der Waals surface area (Å²) in [5.74, 6) is -2.34. The van der Waals surface area contributed by atoms with Crippen LogP contribution in [0.5, 0.6) is 0 Å². The third kappa shape index (κ3) is 8.11. The molecule has 0 aromatic heterocycles. The number of alkyl carbamates (subject to hydrolysis) is 1. The first-order valence-electron chi connectivity index (χ1n) is 7.64. The molecule has 26 heavy (non-hydrogen) atoms. The average molecular weight is 385 g/mol.